The van der Waals surface area contributed by atoms with E-state index in [1.54, 1.807) is 12.0 Å². The van der Waals surface area contributed by atoms with Gasteiger partial charge in [0.15, 0.2) is 0 Å². The van der Waals surface area contributed by atoms with E-state index in [2.05, 4.69) is 24.2 Å². The minimum Gasteiger partial charge on any atom is -0.380 e. The maximum atomic E-state index is 12.8. The second-order valence-electron chi connectivity index (χ2n) is 7.27. The van der Waals surface area contributed by atoms with Crippen molar-refractivity contribution in [1.29, 1.82) is 0 Å². The number of rotatable bonds is 5. The largest absolute Gasteiger partial charge is 0.380 e. The summed E-state index contributed by atoms with van der Waals surface area (Å²) >= 11 is 0. The van der Waals surface area contributed by atoms with Gasteiger partial charge in [-0.3, -0.25) is 4.79 Å². The van der Waals surface area contributed by atoms with Crippen LogP contribution in [0.25, 0.3) is 5.69 Å². The van der Waals surface area contributed by atoms with E-state index in [4.69, 9.17) is 10.5 Å². The Morgan fingerprint density at radius 1 is 1.42 bits per heavy atom. The second-order valence-corrected chi connectivity index (χ2v) is 7.27. The van der Waals surface area contributed by atoms with Crippen molar-refractivity contribution >= 4 is 5.91 Å². The van der Waals surface area contributed by atoms with Crippen molar-refractivity contribution in [2.45, 2.75) is 44.9 Å². The highest BCUT2D eigenvalue weighted by molar-refractivity contribution is 5.78. The lowest BCUT2D eigenvalue weighted by atomic mass is 9.83. The molecule has 1 heterocycles. The molecule has 0 unspecified atom stereocenters. The number of carbonyl (C=O) groups is 1. The van der Waals surface area contributed by atoms with E-state index in [0.29, 0.717) is 13.0 Å². The van der Waals surface area contributed by atoms with Gasteiger partial charge < -0.3 is 15.4 Å². The van der Waals surface area contributed by atoms with Crippen molar-refractivity contribution in [3.63, 3.8) is 0 Å². The van der Waals surface area contributed by atoms with Crippen LogP contribution >= 0.6 is 0 Å². The Kier molecular flexibility index (Phi) is 5.74. The van der Waals surface area contributed by atoms with Crippen LogP contribution < -0.4 is 5.73 Å². The van der Waals surface area contributed by atoms with Crippen LogP contribution in [0.5, 0.6) is 0 Å². The lowest BCUT2D eigenvalue weighted by molar-refractivity contribution is -0.137. The molecule has 1 saturated carbocycles. The van der Waals surface area contributed by atoms with Gasteiger partial charge in [0.2, 0.25) is 5.91 Å². The topological polar surface area (TPSA) is 73.4 Å². The fourth-order valence-electron chi connectivity index (χ4n) is 3.71. The molecule has 1 aromatic carbocycles. The van der Waals surface area contributed by atoms with Gasteiger partial charge in [-0.15, -0.1) is 0 Å². The Bertz CT molecular complexity index is 758. The van der Waals surface area contributed by atoms with Crippen molar-refractivity contribution < 1.29 is 9.53 Å². The number of benzene rings is 1. The highest BCUT2D eigenvalue weighted by Gasteiger charge is 2.33. The minimum absolute atomic E-state index is 0.0202. The second kappa shape index (κ2) is 8.01. The molecule has 0 bridgehead atoms. The number of hydrogen-bond acceptors (Lipinski definition) is 4. The highest BCUT2D eigenvalue weighted by Crippen LogP contribution is 2.27. The van der Waals surface area contributed by atoms with E-state index < -0.39 is 0 Å². The molecule has 26 heavy (non-hydrogen) atoms. The molecule has 2 N–H and O–H groups in total. The number of nitrogens with zero attached hydrogens (tertiary/aromatic N) is 3. The Morgan fingerprint density at radius 2 is 2.23 bits per heavy atom. The number of nitrogens with two attached hydrogens (primary N) is 1. The molecule has 6 nitrogen and oxygen atoms in total. The Balaban J connectivity index is 1.61. The van der Waals surface area contributed by atoms with Gasteiger partial charge in [-0.1, -0.05) is 12.1 Å². The zero-order valence-corrected chi connectivity index (χ0v) is 15.8. The van der Waals surface area contributed by atoms with E-state index in [1.807, 2.05) is 36.3 Å². The molecule has 6 heteroatoms. The van der Waals surface area contributed by atoms with Crippen LogP contribution in [0.15, 0.2) is 36.7 Å². The summed E-state index contributed by atoms with van der Waals surface area (Å²) in [6.45, 7) is 2.60. The zero-order valence-electron chi connectivity index (χ0n) is 15.8. The summed E-state index contributed by atoms with van der Waals surface area (Å²) < 4.78 is 7.23. The van der Waals surface area contributed by atoms with Crippen LogP contribution in [0.1, 0.15) is 30.4 Å². The van der Waals surface area contributed by atoms with Crippen molar-refractivity contribution in [1.82, 2.24) is 14.7 Å². The number of carbonyl (C=O) groups excluding carboxylic acids is 1. The molecule has 2 aromatic rings. The van der Waals surface area contributed by atoms with Gasteiger partial charge in [0.05, 0.1) is 18.0 Å². The van der Waals surface area contributed by atoms with Gasteiger partial charge in [0, 0.05) is 44.4 Å². The number of ether oxygens (including phenoxy) is 1. The predicted molar refractivity (Wildman–Crippen MR) is 101 cm³/mol. The van der Waals surface area contributed by atoms with Crippen molar-refractivity contribution in [2.75, 3.05) is 14.2 Å². The van der Waals surface area contributed by atoms with Gasteiger partial charge in [-0.25, -0.2) is 4.68 Å². The van der Waals surface area contributed by atoms with E-state index in [1.165, 1.54) is 5.56 Å². The number of methoxy groups -OCH3 is 1. The molecule has 0 aliphatic heterocycles. The number of amides is 1. The van der Waals surface area contributed by atoms with Gasteiger partial charge in [0.25, 0.3) is 0 Å². The quantitative estimate of drug-likeness (QED) is 0.892. The minimum atomic E-state index is -0.0693. The van der Waals surface area contributed by atoms with Crippen LogP contribution in [0.3, 0.4) is 0 Å². The molecular weight excluding hydrogens is 328 g/mol. The third kappa shape index (κ3) is 4.14. The first-order valence-corrected chi connectivity index (χ1v) is 9.12. The van der Waals surface area contributed by atoms with Gasteiger partial charge in [0.1, 0.15) is 0 Å². The Hall–Kier alpha value is -2.18. The third-order valence-corrected chi connectivity index (χ3v) is 5.18. The van der Waals surface area contributed by atoms with Gasteiger partial charge >= 0.3 is 0 Å². The fraction of sp³-hybridized carbons (Fsp3) is 0.500. The van der Waals surface area contributed by atoms with Crippen LogP contribution in [0, 0.1) is 12.8 Å². The van der Waals surface area contributed by atoms with Crippen LogP contribution in [0.4, 0.5) is 0 Å². The summed E-state index contributed by atoms with van der Waals surface area (Å²) in [5.41, 5.74) is 9.36. The van der Waals surface area contributed by atoms with E-state index in [0.717, 1.165) is 24.1 Å². The molecule has 1 amide bonds. The lowest BCUT2D eigenvalue weighted by Gasteiger charge is -2.34. The summed E-state index contributed by atoms with van der Waals surface area (Å²) in [7, 11) is 3.53. The van der Waals surface area contributed by atoms with Crippen molar-refractivity contribution in [3.05, 3.63) is 47.8 Å². The molecule has 3 atom stereocenters. The maximum absolute atomic E-state index is 12.8. The van der Waals surface area contributed by atoms with Crippen molar-refractivity contribution in [2.24, 2.45) is 11.7 Å². The number of hydrogen-bond donors (Lipinski definition) is 1. The summed E-state index contributed by atoms with van der Waals surface area (Å²) in [4.78, 5) is 14.5. The number of aryl methyl sites for hydroxylation is 1. The lowest BCUT2D eigenvalue weighted by Crippen LogP contribution is -2.45. The SMILES string of the molecule is CO[C@@H]1CC[C@H](C(=O)N(C)Cc2cnn(-c3cccc(C)c3)c2)C[C@H]1N. The molecule has 1 aliphatic rings. The summed E-state index contributed by atoms with van der Waals surface area (Å²) in [6.07, 6.45) is 6.22. The molecular formula is C20H28N4O2. The molecule has 3 rings (SSSR count). The summed E-state index contributed by atoms with van der Waals surface area (Å²) in [5.74, 6) is 0.131. The predicted octanol–water partition coefficient (Wildman–Crippen LogP) is 2.28. The zero-order chi connectivity index (χ0) is 18.7. The smallest absolute Gasteiger partial charge is 0.225 e. The first kappa shape index (κ1) is 18.6. The van der Waals surface area contributed by atoms with Crippen LogP contribution in [-0.2, 0) is 16.1 Å². The Labute approximate surface area is 154 Å². The molecule has 140 valence electrons. The molecule has 0 spiro atoms. The van der Waals surface area contributed by atoms with Crippen LogP contribution in [-0.4, -0.2) is 46.9 Å². The average molecular weight is 356 g/mol. The average Bonchev–Trinajstić information content (AvgIpc) is 3.09. The Morgan fingerprint density at radius 3 is 2.92 bits per heavy atom. The van der Waals surface area contributed by atoms with E-state index in [9.17, 15) is 4.79 Å². The molecule has 1 aliphatic carbocycles. The summed E-state index contributed by atoms with van der Waals surface area (Å²) in [5, 5.41) is 4.43. The first-order valence-electron chi connectivity index (χ1n) is 9.12. The molecule has 0 saturated heterocycles. The van der Waals surface area contributed by atoms with Gasteiger partial charge in [-0.2, -0.15) is 5.10 Å². The van der Waals surface area contributed by atoms with Gasteiger partial charge in [-0.05, 0) is 43.9 Å². The highest BCUT2D eigenvalue weighted by atomic mass is 16.5. The number of aromatic nitrogens is 2. The van der Waals surface area contributed by atoms with E-state index in [-0.39, 0.29) is 24.0 Å². The van der Waals surface area contributed by atoms with Crippen LogP contribution in [0.2, 0.25) is 0 Å². The summed E-state index contributed by atoms with van der Waals surface area (Å²) in [6, 6.07) is 8.11. The van der Waals surface area contributed by atoms with E-state index >= 15 is 0 Å². The first-order chi connectivity index (χ1) is 12.5. The maximum Gasteiger partial charge on any atom is 0.225 e. The standard InChI is InChI=1S/C20H28N4O2/c1-14-5-4-6-17(9-14)24-13-15(11-22-24)12-23(2)20(25)16-7-8-19(26-3)18(21)10-16/h4-6,9,11,13,16,18-19H,7-8,10,12,21H2,1-3H3/t16-,18+,19+/m0/s1. The molecule has 1 fully saturated rings. The fourth-order valence-corrected chi connectivity index (χ4v) is 3.71. The normalized spacial score (nSPS) is 23.0. The third-order valence-electron chi connectivity index (χ3n) is 5.18. The molecule has 1 aromatic heterocycles. The molecule has 0 radical (unpaired) electrons. The monoisotopic (exact) mass is 356 g/mol. The van der Waals surface area contributed by atoms with Crippen molar-refractivity contribution in [3.8, 4) is 5.69 Å².